The first-order chi connectivity index (χ1) is 13.5. The van der Waals surface area contributed by atoms with Crippen molar-refractivity contribution >= 4 is 29.1 Å². The summed E-state index contributed by atoms with van der Waals surface area (Å²) in [6.07, 6.45) is 0.989. The highest BCUT2D eigenvalue weighted by molar-refractivity contribution is 6.07. The van der Waals surface area contributed by atoms with E-state index in [2.05, 4.69) is 10.6 Å². The van der Waals surface area contributed by atoms with Crippen molar-refractivity contribution < 1.29 is 14.4 Å². The van der Waals surface area contributed by atoms with Crippen LogP contribution in [0.5, 0.6) is 0 Å². The Hall–Kier alpha value is -3.15. The summed E-state index contributed by atoms with van der Waals surface area (Å²) < 4.78 is 0. The molecule has 0 saturated carbocycles. The Morgan fingerprint density at radius 3 is 2.68 bits per heavy atom. The molecular weight excluding hydrogens is 354 g/mol. The van der Waals surface area contributed by atoms with E-state index in [0.29, 0.717) is 24.3 Å². The first-order valence-corrected chi connectivity index (χ1v) is 9.54. The van der Waals surface area contributed by atoms with Gasteiger partial charge < -0.3 is 15.5 Å². The Balaban J connectivity index is 1.71. The van der Waals surface area contributed by atoms with E-state index in [1.165, 1.54) is 0 Å². The Labute approximate surface area is 164 Å². The molecule has 0 spiro atoms. The van der Waals surface area contributed by atoms with Gasteiger partial charge in [-0.1, -0.05) is 31.2 Å². The summed E-state index contributed by atoms with van der Waals surface area (Å²) in [5, 5.41) is 5.66. The minimum atomic E-state index is -0.459. The number of carbonyl (C=O) groups is 3. The van der Waals surface area contributed by atoms with E-state index in [0.717, 1.165) is 17.7 Å². The van der Waals surface area contributed by atoms with E-state index in [9.17, 15) is 14.4 Å². The molecule has 6 heteroatoms. The van der Waals surface area contributed by atoms with Crippen molar-refractivity contribution in [1.82, 2.24) is 5.32 Å². The van der Waals surface area contributed by atoms with Gasteiger partial charge in [-0.25, -0.2) is 0 Å². The molecular formula is C22H25N3O3. The fourth-order valence-electron chi connectivity index (χ4n) is 3.29. The van der Waals surface area contributed by atoms with Crippen LogP contribution in [0.15, 0.2) is 48.5 Å². The zero-order chi connectivity index (χ0) is 20.1. The van der Waals surface area contributed by atoms with Crippen LogP contribution in [0.4, 0.5) is 11.4 Å². The lowest BCUT2D eigenvalue weighted by molar-refractivity contribution is -0.122. The molecule has 2 aromatic carbocycles. The predicted molar refractivity (Wildman–Crippen MR) is 109 cm³/mol. The van der Waals surface area contributed by atoms with E-state index >= 15 is 0 Å². The van der Waals surface area contributed by atoms with Crippen LogP contribution in [-0.4, -0.2) is 30.8 Å². The molecule has 1 heterocycles. The van der Waals surface area contributed by atoms with Crippen molar-refractivity contribution in [2.24, 2.45) is 5.92 Å². The third kappa shape index (κ3) is 4.39. The van der Waals surface area contributed by atoms with Gasteiger partial charge >= 0.3 is 0 Å². The largest absolute Gasteiger partial charge is 0.352 e. The number of hydrogen-bond donors (Lipinski definition) is 2. The highest BCUT2D eigenvalue weighted by Crippen LogP contribution is 2.27. The fraction of sp³-hybridized carbons (Fsp3) is 0.318. The standard InChI is InChI=1S/C22H25N3O3/c1-3-11-23-22(28)18-9-4-5-10-19(18)24-21(27)16-13-20(26)25(14-16)17-8-6-7-15(2)12-17/h4-10,12,16H,3,11,13-14H2,1-2H3,(H,23,28)(H,24,27)/t16-/m0/s1. The van der Waals surface area contributed by atoms with Crippen molar-refractivity contribution in [2.75, 3.05) is 23.3 Å². The van der Waals surface area contributed by atoms with Gasteiger partial charge in [0.1, 0.15) is 0 Å². The minimum Gasteiger partial charge on any atom is -0.352 e. The zero-order valence-corrected chi connectivity index (χ0v) is 16.2. The van der Waals surface area contributed by atoms with Crippen LogP contribution in [0.2, 0.25) is 0 Å². The van der Waals surface area contributed by atoms with Gasteiger partial charge in [-0.2, -0.15) is 0 Å². The normalized spacial score (nSPS) is 16.1. The molecule has 2 N–H and O–H groups in total. The van der Waals surface area contributed by atoms with E-state index in [1.54, 1.807) is 29.2 Å². The van der Waals surface area contributed by atoms with Crippen molar-refractivity contribution in [2.45, 2.75) is 26.7 Å². The Bertz CT molecular complexity index is 894. The quantitative estimate of drug-likeness (QED) is 0.809. The summed E-state index contributed by atoms with van der Waals surface area (Å²) in [5.74, 6) is -1.000. The molecule has 6 nitrogen and oxygen atoms in total. The highest BCUT2D eigenvalue weighted by Gasteiger charge is 2.35. The molecule has 0 aromatic heterocycles. The molecule has 0 unspecified atom stereocenters. The van der Waals surface area contributed by atoms with Gasteiger partial charge in [0.15, 0.2) is 0 Å². The summed E-state index contributed by atoms with van der Waals surface area (Å²) in [7, 11) is 0. The average Bonchev–Trinajstić information content (AvgIpc) is 3.08. The monoisotopic (exact) mass is 379 g/mol. The molecule has 0 bridgehead atoms. The second-order valence-electron chi connectivity index (χ2n) is 7.04. The smallest absolute Gasteiger partial charge is 0.253 e. The molecule has 3 amide bonds. The average molecular weight is 379 g/mol. The van der Waals surface area contributed by atoms with Crippen molar-refractivity contribution in [3.8, 4) is 0 Å². The summed E-state index contributed by atoms with van der Waals surface area (Å²) in [4.78, 5) is 39.2. The number of carbonyl (C=O) groups excluding carboxylic acids is 3. The number of nitrogens with one attached hydrogen (secondary N) is 2. The number of amides is 3. The lowest BCUT2D eigenvalue weighted by Crippen LogP contribution is -2.29. The summed E-state index contributed by atoms with van der Waals surface area (Å²) in [6.45, 7) is 4.85. The van der Waals surface area contributed by atoms with Crippen molar-refractivity contribution in [3.05, 3.63) is 59.7 Å². The first kappa shape index (κ1) is 19.6. The van der Waals surface area contributed by atoms with Gasteiger partial charge in [0, 0.05) is 25.2 Å². The number of rotatable bonds is 6. The Kier molecular flexibility index (Phi) is 6.09. The maximum absolute atomic E-state index is 12.8. The van der Waals surface area contributed by atoms with E-state index in [-0.39, 0.29) is 24.1 Å². The van der Waals surface area contributed by atoms with Gasteiger partial charge in [-0.3, -0.25) is 14.4 Å². The minimum absolute atomic E-state index is 0.0697. The number of benzene rings is 2. The third-order valence-corrected chi connectivity index (χ3v) is 4.77. The molecule has 1 atom stereocenters. The maximum Gasteiger partial charge on any atom is 0.253 e. The van der Waals surface area contributed by atoms with Crippen LogP contribution in [0.1, 0.15) is 35.7 Å². The molecule has 0 aliphatic carbocycles. The van der Waals surface area contributed by atoms with Crippen LogP contribution in [0.25, 0.3) is 0 Å². The molecule has 3 rings (SSSR count). The fourth-order valence-corrected chi connectivity index (χ4v) is 3.29. The van der Waals surface area contributed by atoms with Gasteiger partial charge in [0.25, 0.3) is 5.91 Å². The SMILES string of the molecule is CCCNC(=O)c1ccccc1NC(=O)[C@H]1CC(=O)N(c2cccc(C)c2)C1. The summed E-state index contributed by atoms with van der Waals surface area (Å²) in [5.41, 5.74) is 2.75. The summed E-state index contributed by atoms with van der Waals surface area (Å²) >= 11 is 0. The second kappa shape index (κ2) is 8.69. The topological polar surface area (TPSA) is 78.5 Å². The van der Waals surface area contributed by atoms with Crippen LogP contribution in [0.3, 0.4) is 0 Å². The molecule has 1 aliphatic heterocycles. The zero-order valence-electron chi connectivity index (χ0n) is 16.2. The van der Waals surface area contributed by atoms with Crippen LogP contribution < -0.4 is 15.5 Å². The van der Waals surface area contributed by atoms with E-state index < -0.39 is 5.92 Å². The Morgan fingerprint density at radius 1 is 1.14 bits per heavy atom. The highest BCUT2D eigenvalue weighted by atomic mass is 16.2. The van der Waals surface area contributed by atoms with Crippen LogP contribution >= 0.6 is 0 Å². The first-order valence-electron chi connectivity index (χ1n) is 9.54. The molecule has 28 heavy (non-hydrogen) atoms. The van der Waals surface area contributed by atoms with Gasteiger partial charge in [-0.05, 0) is 43.2 Å². The van der Waals surface area contributed by atoms with Crippen LogP contribution in [0, 0.1) is 12.8 Å². The summed E-state index contributed by atoms with van der Waals surface area (Å²) in [6, 6.07) is 14.6. The third-order valence-electron chi connectivity index (χ3n) is 4.77. The maximum atomic E-state index is 12.8. The number of aryl methyl sites for hydroxylation is 1. The van der Waals surface area contributed by atoms with Crippen molar-refractivity contribution in [1.29, 1.82) is 0 Å². The van der Waals surface area contributed by atoms with E-state index in [4.69, 9.17) is 0 Å². The number of hydrogen-bond acceptors (Lipinski definition) is 3. The van der Waals surface area contributed by atoms with Crippen LogP contribution in [-0.2, 0) is 9.59 Å². The molecule has 1 fully saturated rings. The number of nitrogens with zero attached hydrogens (tertiary/aromatic N) is 1. The van der Waals surface area contributed by atoms with Gasteiger partial charge in [0.05, 0.1) is 17.2 Å². The molecule has 1 aliphatic rings. The second-order valence-corrected chi connectivity index (χ2v) is 7.04. The van der Waals surface area contributed by atoms with Gasteiger partial charge in [0.2, 0.25) is 11.8 Å². The van der Waals surface area contributed by atoms with Crippen molar-refractivity contribution in [3.63, 3.8) is 0 Å². The molecule has 1 saturated heterocycles. The number of para-hydroxylation sites is 1. The Morgan fingerprint density at radius 2 is 1.93 bits per heavy atom. The molecule has 146 valence electrons. The lowest BCUT2D eigenvalue weighted by atomic mass is 10.1. The van der Waals surface area contributed by atoms with Gasteiger partial charge in [-0.15, -0.1) is 0 Å². The number of anilines is 2. The predicted octanol–water partition coefficient (Wildman–Crippen LogP) is 3.13. The molecule has 0 radical (unpaired) electrons. The molecule has 2 aromatic rings. The van der Waals surface area contributed by atoms with E-state index in [1.807, 2.05) is 38.1 Å². The lowest BCUT2D eigenvalue weighted by Gasteiger charge is -2.17.